The van der Waals surface area contributed by atoms with E-state index in [-0.39, 0.29) is 11.7 Å². The van der Waals surface area contributed by atoms with Crippen LogP contribution < -0.4 is 9.47 Å². The summed E-state index contributed by atoms with van der Waals surface area (Å²) in [4.78, 5) is 0. The van der Waals surface area contributed by atoms with Gasteiger partial charge in [0.1, 0.15) is 5.75 Å². The third-order valence-corrected chi connectivity index (χ3v) is 5.72. The van der Waals surface area contributed by atoms with Crippen LogP contribution in [0.3, 0.4) is 0 Å². The third-order valence-electron chi connectivity index (χ3n) is 4.89. The van der Waals surface area contributed by atoms with Crippen LogP contribution in [-0.4, -0.2) is 29.5 Å². The second-order valence-corrected chi connectivity index (χ2v) is 8.49. The molecule has 0 aliphatic heterocycles. The molecular formula is C24H29IO5. The summed E-state index contributed by atoms with van der Waals surface area (Å²) in [6, 6.07) is 10.7. The molecule has 0 spiro atoms. The largest absolute Gasteiger partial charge is 0.504 e. The van der Waals surface area contributed by atoms with E-state index in [0.29, 0.717) is 27.7 Å². The first-order valence-corrected chi connectivity index (χ1v) is 10.8. The Hall–Kier alpha value is -1.99. The molecule has 2 aromatic rings. The number of phenols is 1. The molecule has 0 amide bonds. The Morgan fingerprint density at radius 3 is 2.27 bits per heavy atom. The number of methoxy groups -OCH3 is 2. The maximum absolute atomic E-state index is 10.6. The van der Waals surface area contributed by atoms with Gasteiger partial charge in [-0.1, -0.05) is 26.0 Å². The molecule has 0 saturated heterocycles. The summed E-state index contributed by atoms with van der Waals surface area (Å²) in [6.07, 6.45) is 1.23. The second-order valence-electron chi connectivity index (χ2n) is 7.33. The van der Waals surface area contributed by atoms with Gasteiger partial charge in [-0.3, -0.25) is 0 Å². The zero-order valence-electron chi connectivity index (χ0n) is 17.7. The summed E-state index contributed by atoms with van der Waals surface area (Å²) in [5.41, 5.74) is 5.72. The van der Waals surface area contributed by atoms with Crippen molar-refractivity contribution in [3.8, 4) is 17.2 Å². The molecule has 0 radical (unpaired) electrons. The first kappa shape index (κ1) is 24.3. The van der Waals surface area contributed by atoms with E-state index in [9.17, 15) is 15.3 Å². The SMILES string of the molecule is COc1ccc([C@H](O)CC(=C=CC[C@@H](O)c2cc(I)c(O)c(OC)c2)C(C)C)cc1. The zero-order chi connectivity index (χ0) is 22.3. The van der Waals surface area contributed by atoms with Crippen molar-refractivity contribution in [1.82, 2.24) is 0 Å². The van der Waals surface area contributed by atoms with Crippen LogP contribution in [0.5, 0.6) is 17.2 Å². The summed E-state index contributed by atoms with van der Waals surface area (Å²) in [7, 11) is 3.09. The number of benzene rings is 2. The molecule has 0 bridgehead atoms. The Kier molecular flexibility index (Phi) is 9.24. The minimum atomic E-state index is -0.750. The average molecular weight is 524 g/mol. The number of hydrogen-bond acceptors (Lipinski definition) is 5. The normalized spacial score (nSPS) is 12.8. The van der Waals surface area contributed by atoms with Gasteiger partial charge in [-0.15, -0.1) is 5.73 Å². The van der Waals surface area contributed by atoms with Gasteiger partial charge in [0.15, 0.2) is 11.5 Å². The van der Waals surface area contributed by atoms with E-state index < -0.39 is 12.2 Å². The lowest BCUT2D eigenvalue weighted by Crippen LogP contribution is -2.03. The van der Waals surface area contributed by atoms with Crippen molar-refractivity contribution >= 4 is 22.6 Å². The van der Waals surface area contributed by atoms with Gasteiger partial charge in [0, 0.05) is 12.8 Å². The smallest absolute Gasteiger partial charge is 0.171 e. The number of rotatable bonds is 9. The maximum atomic E-state index is 10.6. The molecule has 0 heterocycles. The number of aliphatic hydroxyl groups excluding tert-OH is 2. The Balaban J connectivity index is 2.13. The van der Waals surface area contributed by atoms with Gasteiger partial charge >= 0.3 is 0 Å². The standard InChI is InChI=1S/C24H29IO5/c1-15(2)17(13-22(27)16-8-10-19(29-3)11-9-16)6-5-7-21(26)18-12-20(25)24(28)23(14-18)30-4/h5,8-12,14-15,21-22,26-28H,7,13H2,1-4H3/t6?,21-,22-/m1/s1. The maximum Gasteiger partial charge on any atom is 0.171 e. The topological polar surface area (TPSA) is 79.2 Å². The third kappa shape index (κ3) is 6.51. The first-order valence-electron chi connectivity index (χ1n) is 9.77. The van der Waals surface area contributed by atoms with Gasteiger partial charge in [0.25, 0.3) is 0 Å². The van der Waals surface area contributed by atoms with Gasteiger partial charge in [0.05, 0.1) is 30.0 Å². The Morgan fingerprint density at radius 1 is 1.03 bits per heavy atom. The highest BCUT2D eigenvalue weighted by atomic mass is 127. The fourth-order valence-corrected chi connectivity index (χ4v) is 3.62. The van der Waals surface area contributed by atoms with Crippen molar-refractivity contribution < 1.29 is 24.8 Å². The Labute approximate surface area is 191 Å². The summed E-state index contributed by atoms with van der Waals surface area (Å²) in [5.74, 6) is 1.36. The van der Waals surface area contributed by atoms with Gasteiger partial charge < -0.3 is 24.8 Å². The predicted molar refractivity (Wildman–Crippen MR) is 126 cm³/mol. The molecule has 30 heavy (non-hydrogen) atoms. The molecule has 6 heteroatoms. The molecule has 0 saturated carbocycles. The Morgan fingerprint density at radius 2 is 1.70 bits per heavy atom. The molecule has 3 N–H and O–H groups in total. The fraction of sp³-hybridized carbons (Fsp3) is 0.375. The quantitative estimate of drug-likeness (QED) is 0.307. The lowest BCUT2D eigenvalue weighted by atomic mass is 9.94. The van der Waals surface area contributed by atoms with Crippen molar-refractivity contribution in [3.05, 3.63) is 68.5 Å². The highest BCUT2D eigenvalue weighted by molar-refractivity contribution is 14.1. The number of hydrogen-bond donors (Lipinski definition) is 3. The van der Waals surface area contributed by atoms with E-state index in [1.54, 1.807) is 25.3 Å². The highest BCUT2D eigenvalue weighted by Crippen LogP contribution is 2.35. The van der Waals surface area contributed by atoms with Crippen LogP contribution in [-0.2, 0) is 0 Å². The van der Waals surface area contributed by atoms with Crippen molar-refractivity contribution in [1.29, 1.82) is 0 Å². The molecule has 0 fully saturated rings. The van der Waals surface area contributed by atoms with Gasteiger partial charge in [-0.25, -0.2) is 0 Å². The molecule has 2 atom stereocenters. The van der Waals surface area contributed by atoms with E-state index in [1.165, 1.54) is 7.11 Å². The minimum Gasteiger partial charge on any atom is -0.504 e. The zero-order valence-corrected chi connectivity index (χ0v) is 19.9. The molecule has 0 aliphatic rings. The molecule has 0 aromatic heterocycles. The molecule has 5 nitrogen and oxygen atoms in total. The molecule has 162 valence electrons. The van der Waals surface area contributed by atoms with E-state index in [4.69, 9.17) is 9.47 Å². The van der Waals surface area contributed by atoms with E-state index >= 15 is 0 Å². The molecule has 2 rings (SSSR count). The van der Waals surface area contributed by atoms with Crippen LogP contribution in [0.2, 0.25) is 0 Å². The number of ether oxygens (including phenoxy) is 2. The number of halogens is 1. The summed E-state index contributed by atoms with van der Waals surface area (Å²) < 4.78 is 10.9. The minimum absolute atomic E-state index is 0.0686. The number of phenolic OH excluding ortho intramolecular Hbond substituents is 1. The molecule has 0 unspecified atom stereocenters. The lowest BCUT2D eigenvalue weighted by Gasteiger charge is -2.15. The van der Waals surface area contributed by atoms with Gasteiger partial charge in [0.2, 0.25) is 0 Å². The second kappa shape index (κ2) is 11.4. The summed E-state index contributed by atoms with van der Waals surface area (Å²) in [6.45, 7) is 4.11. The van der Waals surface area contributed by atoms with Crippen LogP contribution in [0, 0.1) is 9.49 Å². The van der Waals surface area contributed by atoms with Gasteiger partial charge in [-0.05, 0) is 75.6 Å². The summed E-state index contributed by atoms with van der Waals surface area (Å²) in [5, 5.41) is 31.1. The number of aliphatic hydroxyl groups is 2. The van der Waals surface area contributed by atoms with Crippen LogP contribution in [0.25, 0.3) is 0 Å². The lowest BCUT2D eigenvalue weighted by molar-refractivity contribution is 0.175. The van der Waals surface area contributed by atoms with E-state index in [0.717, 1.165) is 16.9 Å². The van der Waals surface area contributed by atoms with E-state index in [2.05, 4.69) is 19.6 Å². The van der Waals surface area contributed by atoms with Gasteiger partial charge in [-0.2, -0.15) is 0 Å². The van der Waals surface area contributed by atoms with Crippen molar-refractivity contribution in [3.63, 3.8) is 0 Å². The first-order chi connectivity index (χ1) is 14.3. The predicted octanol–water partition coefficient (Wildman–Crippen LogP) is 5.30. The van der Waals surface area contributed by atoms with Crippen LogP contribution in [0.1, 0.15) is 50.0 Å². The molecule has 0 aliphatic carbocycles. The number of aromatic hydroxyl groups is 1. The van der Waals surface area contributed by atoms with Crippen LogP contribution >= 0.6 is 22.6 Å². The monoisotopic (exact) mass is 524 g/mol. The fourth-order valence-electron chi connectivity index (χ4n) is 2.99. The van der Waals surface area contributed by atoms with E-state index in [1.807, 2.05) is 46.9 Å². The van der Waals surface area contributed by atoms with Crippen molar-refractivity contribution in [2.24, 2.45) is 5.92 Å². The molecular weight excluding hydrogens is 495 g/mol. The average Bonchev–Trinajstić information content (AvgIpc) is 2.74. The van der Waals surface area contributed by atoms with Crippen LogP contribution in [0.4, 0.5) is 0 Å². The Bertz CT molecular complexity index is 899. The summed E-state index contributed by atoms with van der Waals surface area (Å²) >= 11 is 2.01. The molecule has 2 aromatic carbocycles. The van der Waals surface area contributed by atoms with Crippen molar-refractivity contribution in [2.45, 2.75) is 38.9 Å². The van der Waals surface area contributed by atoms with Crippen LogP contribution in [0.15, 0.2) is 53.8 Å². The highest BCUT2D eigenvalue weighted by Gasteiger charge is 2.15. The van der Waals surface area contributed by atoms with Crippen molar-refractivity contribution in [2.75, 3.05) is 14.2 Å².